The van der Waals surface area contributed by atoms with Crippen LogP contribution in [0.5, 0.6) is 0 Å². The van der Waals surface area contributed by atoms with Gasteiger partial charge in [-0.3, -0.25) is 14.6 Å². The number of carbonyl (C=O) groups is 1. The van der Waals surface area contributed by atoms with Crippen LogP contribution in [0, 0.1) is 0 Å². The number of piperazine rings is 2. The Morgan fingerprint density at radius 3 is 2.74 bits per heavy atom. The summed E-state index contributed by atoms with van der Waals surface area (Å²) in [5.74, 6) is 0.325. The molecule has 0 aromatic carbocycles. The zero-order valence-corrected chi connectivity index (χ0v) is 11.8. The molecule has 1 unspecified atom stereocenters. The van der Waals surface area contributed by atoms with E-state index in [0.717, 1.165) is 45.8 Å². The Morgan fingerprint density at radius 2 is 1.89 bits per heavy atom. The zero-order valence-electron chi connectivity index (χ0n) is 11.8. The van der Waals surface area contributed by atoms with E-state index in [1.807, 2.05) is 4.90 Å². The Balaban J connectivity index is 1.48. The molecule has 0 aromatic heterocycles. The standard InChI is InChI=1S/C14H26N4O/c19-14(18-7-4-15-5-8-18)12-16-9-10-17-6-2-1-3-13(17)11-16/h13,15H,1-12H2. The number of carbonyl (C=O) groups excluding carboxylic acids is 1. The highest BCUT2D eigenvalue weighted by molar-refractivity contribution is 5.78. The number of hydrogen-bond donors (Lipinski definition) is 1. The van der Waals surface area contributed by atoms with Gasteiger partial charge < -0.3 is 10.2 Å². The number of rotatable bonds is 2. The second-order valence-electron chi connectivity index (χ2n) is 6.05. The number of piperidine rings is 1. The first kappa shape index (κ1) is 13.3. The number of hydrogen-bond acceptors (Lipinski definition) is 4. The van der Waals surface area contributed by atoms with Crippen LogP contribution in [-0.4, -0.2) is 85.6 Å². The molecular weight excluding hydrogens is 240 g/mol. The summed E-state index contributed by atoms with van der Waals surface area (Å²) in [6.07, 6.45) is 4.04. The minimum Gasteiger partial charge on any atom is -0.339 e. The fourth-order valence-electron chi connectivity index (χ4n) is 3.57. The predicted octanol–water partition coefficient (Wildman–Crippen LogP) is -0.412. The quantitative estimate of drug-likeness (QED) is 0.737. The molecule has 0 radical (unpaired) electrons. The van der Waals surface area contributed by atoms with Gasteiger partial charge in [0.05, 0.1) is 6.54 Å². The summed E-state index contributed by atoms with van der Waals surface area (Å²) in [4.78, 5) is 19.3. The Kier molecular flexibility index (Phi) is 4.35. The van der Waals surface area contributed by atoms with Crippen LogP contribution in [0.2, 0.25) is 0 Å². The van der Waals surface area contributed by atoms with Gasteiger partial charge in [-0.25, -0.2) is 0 Å². The average Bonchev–Trinajstić information content (AvgIpc) is 2.48. The summed E-state index contributed by atoms with van der Waals surface area (Å²) in [6, 6.07) is 0.707. The molecule has 0 aromatic rings. The second kappa shape index (κ2) is 6.20. The van der Waals surface area contributed by atoms with E-state index in [9.17, 15) is 4.79 Å². The van der Waals surface area contributed by atoms with Crippen molar-refractivity contribution < 1.29 is 4.79 Å². The first-order valence-electron chi connectivity index (χ1n) is 7.78. The third-order valence-corrected chi connectivity index (χ3v) is 4.75. The number of nitrogens with one attached hydrogen (secondary N) is 1. The summed E-state index contributed by atoms with van der Waals surface area (Å²) in [5, 5.41) is 3.30. The molecule has 0 spiro atoms. The van der Waals surface area contributed by atoms with Crippen molar-refractivity contribution in [3.8, 4) is 0 Å². The molecule has 108 valence electrons. The van der Waals surface area contributed by atoms with Gasteiger partial charge in [0.1, 0.15) is 0 Å². The summed E-state index contributed by atoms with van der Waals surface area (Å²) in [7, 11) is 0. The van der Waals surface area contributed by atoms with Gasteiger partial charge in [-0.2, -0.15) is 0 Å². The van der Waals surface area contributed by atoms with Gasteiger partial charge in [0.2, 0.25) is 5.91 Å². The molecule has 0 bridgehead atoms. The van der Waals surface area contributed by atoms with Crippen molar-refractivity contribution >= 4 is 5.91 Å². The van der Waals surface area contributed by atoms with Crippen molar-refractivity contribution in [3.05, 3.63) is 0 Å². The highest BCUT2D eigenvalue weighted by atomic mass is 16.2. The lowest BCUT2D eigenvalue weighted by Crippen LogP contribution is -2.57. The molecule has 5 heteroatoms. The van der Waals surface area contributed by atoms with Crippen LogP contribution in [0.25, 0.3) is 0 Å². The van der Waals surface area contributed by atoms with E-state index in [1.54, 1.807) is 0 Å². The summed E-state index contributed by atoms with van der Waals surface area (Å²) in [5.41, 5.74) is 0. The van der Waals surface area contributed by atoms with E-state index in [4.69, 9.17) is 0 Å². The first-order chi connectivity index (χ1) is 9.33. The fraction of sp³-hybridized carbons (Fsp3) is 0.929. The van der Waals surface area contributed by atoms with Crippen molar-refractivity contribution in [2.75, 3.05) is 58.9 Å². The van der Waals surface area contributed by atoms with E-state index in [-0.39, 0.29) is 0 Å². The number of amides is 1. The lowest BCUT2D eigenvalue weighted by molar-refractivity contribution is -0.133. The molecule has 3 rings (SSSR count). The van der Waals surface area contributed by atoms with Crippen LogP contribution in [0.15, 0.2) is 0 Å². The third-order valence-electron chi connectivity index (χ3n) is 4.75. The molecule has 3 heterocycles. The largest absolute Gasteiger partial charge is 0.339 e. The van der Waals surface area contributed by atoms with Gasteiger partial charge in [0.15, 0.2) is 0 Å². The molecular formula is C14H26N4O. The van der Waals surface area contributed by atoms with Gasteiger partial charge >= 0.3 is 0 Å². The topological polar surface area (TPSA) is 38.8 Å². The van der Waals surface area contributed by atoms with Crippen molar-refractivity contribution in [3.63, 3.8) is 0 Å². The highest BCUT2D eigenvalue weighted by Gasteiger charge is 2.30. The van der Waals surface area contributed by atoms with Crippen LogP contribution < -0.4 is 5.32 Å². The summed E-state index contributed by atoms with van der Waals surface area (Å²) in [6.45, 7) is 8.86. The lowest BCUT2D eigenvalue weighted by atomic mass is 9.99. The summed E-state index contributed by atoms with van der Waals surface area (Å²) < 4.78 is 0. The Bertz CT molecular complexity index is 317. The Labute approximate surface area is 115 Å². The predicted molar refractivity (Wildman–Crippen MR) is 75.1 cm³/mol. The number of fused-ring (bicyclic) bond motifs is 1. The molecule has 3 fully saturated rings. The molecule has 3 saturated heterocycles. The van der Waals surface area contributed by atoms with Crippen molar-refractivity contribution in [1.82, 2.24) is 20.0 Å². The third kappa shape index (κ3) is 3.27. The molecule has 1 atom stereocenters. The fourth-order valence-corrected chi connectivity index (χ4v) is 3.57. The van der Waals surface area contributed by atoms with E-state index >= 15 is 0 Å². The maximum Gasteiger partial charge on any atom is 0.236 e. The molecule has 19 heavy (non-hydrogen) atoms. The Morgan fingerprint density at radius 1 is 1.05 bits per heavy atom. The molecule has 1 N–H and O–H groups in total. The van der Waals surface area contributed by atoms with Crippen molar-refractivity contribution in [2.45, 2.75) is 25.3 Å². The first-order valence-corrected chi connectivity index (χ1v) is 7.78. The normalized spacial score (nSPS) is 30.1. The SMILES string of the molecule is O=C(CN1CCN2CCCCC2C1)N1CCNCC1. The Hall–Kier alpha value is -0.650. The van der Waals surface area contributed by atoms with Gasteiger partial charge in [-0.1, -0.05) is 6.42 Å². The molecule has 0 aliphatic carbocycles. The van der Waals surface area contributed by atoms with E-state index < -0.39 is 0 Å². The average molecular weight is 266 g/mol. The van der Waals surface area contributed by atoms with Gasteiger partial charge in [0.25, 0.3) is 0 Å². The minimum atomic E-state index is 0.325. The van der Waals surface area contributed by atoms with Gasteiger partial charge in [0, 0.05) is 51.9 Å². The summed E-state index contributed by atoms with van der Waals surface area (Å²) >= 11 is 0. The molecule has 3 aliphatic heterocycles. The van der Waals surface area contributed by atoms with E-state index in [2.05, 4.69) is 15.1 Å². The van der Waals surface area contributed by atoms with Gasteiger partial charge in [-0.15, -0.1) is 0 Å². The second-order valence-corrected chi connectivity index (χ2v) is 6.05. The van der Waals surface area contributed by atoms with Crippen LogP contribution in [0.3, 0.4) is 0 Å². The molecule has 0 saturated carbocycles. The van der Waals surface area contributed by atoms with Crippen LogP contribution in [0.1, 0.15) is 19.3 Å². The van der Waals surface area contributed by atoms with E-state index in [1.165, 1.54) is 25.8 Å². The van der Waals surface area contributed by atoms with Crippen molar-refractivity contribution in [1.29, 1.82) is 0 Å². The maximum atomic E-state index is 12.3. The van der Waals surface area contributed by atoms with Crippen molar-refractivity contribution in [2.24, 2.45) is 0 Å². The smallest absolute Gasteiger partial charge is 0.236 e. The zero-order chi connectivity index (χ0) is 13.1. The minimum absolute atomic E-state index is 0.325. The molecule has 3 aliphatic rings. The van der Waals surface area contributed by atoms with E-state index in [0.29, 0.717) is 18.5 Å². The molecule has 5 nitrogen and oxygen atoms in total. The molecule has 1 amide bonds. The van der Waals surface area contributed by atoms with Gasteiger partial charge in [-0.05, 0) is 19.4 Å². The highest BCUT2D eigenvalue weighted by Crippen LogP contribution is 2.20. The van der Waals surface area contributed by atoms with Crippen LogP contribution >= 0.6 is 0 Å². The number of nitrogens with zero attached hydrogens (tertiary/aromatic N) is 3. The lowest BCUT2D eigenvalue weighted by Gasteiger charge is -2.44. The van der Waals surface area contributed by atoms with Crippen LogP contribution in [0.4, 0.5) is 0 Å². The van der Waals surface area contributed by atoms with Crippen LogP contribution in [-0.2, 0) is 4.79 Å². The monoisotopic (exact) mass is 266 g/mol. The maximum absolute atomic E-state index is 12.3.